The zero-order valence-electron chi connectivity index (χ0n) is 10.4. The van der Waals surface area contributed by atoms with Crippen LogP contribution in [0.1, 0.15) is 5.56 Å². The maximum absolute atomic E-state index is 8.74. The lowest BCUT2D eigenvalue weighted by Gasteiger charge is -1.97. The highest BCUT2D eigenvalue weighted by molar-refractivity contribution is 9.10. The molecule has 3 rings (SSSR count). The van der Waals surface area contributed by atoms with Crippen LogP contribution in [0.25, 0.3) is 23.0 Å². The Balaban J connectivity index is 1.95. The molecule has 0 unspecified atom stereocenters. The van der Waals surface area contributed by atoms with E-state index in [0.29, 0.717) is 28.0 Å². The Morgan fingerprint density at radius 1 is 1.24 bits per heavy atom. The van der Waals surface area contributed by atoms with E-state index in [1.807, 2.05) is 12.1 Å². The maximum atomic E-state index is 8.74. The molecule has 2 aromatic heterocycles. The molecule has 0 saturated carbocycles. The second-order valence-electron chi connectivity index (χ2n) is 4.10. The van der Waals surface area contributed by atoms with E-state index < -0.39 is 0 Å². The van der Waals surface area contributed by atoms with Gasteiger partial charge in [-0.05, 0) is 46.3 Å². The Morgan fingerprint density at radius 2 is 2.10 bits per heavy atom. The Kier molecular flexibility index (Phi) is 3.69. The zero-order chi connectivity index (χ0) is 14.8. The van der Waals surface area contributed by atoms with Crippen molar-refractivity contribution in [3.8, 4) is 29.0 Å². The molecule has 2 heterocycles. The fourth-order valence-electron chi connectivity index (χ4n) is 1.67. The van der Waals surface area contributed by atoms with Crippen molar-refractivity contribution in [2.45, 2.75) is 0 Å². The summed E-state index contributed by atoms with van der Waals surface area (Å²) < 4.78 is 5.95. The van der Waals surface area contributed by atoms with Gasteiger partial charge in [0.15, 0.2) is 0 Å². The first-order chi connectivity index (χ1) is 10.2. The Labute approximate surface area is 133 Å². The molecule has 0 spiro atoms. The van der Waals surface area contributed by atoms with Crippen LogP contribution in [0.4, 0.5) is 0 Å². The van der Waals surface area contributed by atoms with Crippen LogP contribution >= 0.6 is 27.5 Å². The lowest BCUT2D eigenvalue weighted by molar-refractivity contribution is 0.431. The standard InChI is InChI=1S/C14H6BrClN4O/c15-10-5-9(2-3-11(10)16)13-19-14(21-20-13)12-4-1-8(6-17)7-18-12/h1-5,7H. The molecule has 3 aromatic rings. The van der Waals surface area contributed by atoms with Crippen LogP contribution in [0, 0.1) is 11.3 Å². The van der Waals surface area contributed by atoms with Gasteiger partial charge in [-0.1, -0.05) is 16.8 Å². The van der Waals surface area contributed by atoms with Crippen molar-refractivity contribution in [1.82, 2.24) is 15.1 Å². The third-order valence-electron chi connectivity index (χ3n) is 2.72. The zero-order valence-corrected chi connectivity index (χ0v) is 12.8. The van der Waals surface area contributed by atoms with Crippen LogP contribution in [-0.2, 0) is 0 Å². The number of aromatic nitrogens is 3. The number of nitrogens with zero attached hydrogens (tertiary/aromatic N) is 4. The number of halogens is 2. The number of nitriles is 1. The van der Waals surface area contributed by atoms with Crippen molar-refractivity contribution in [1.29, 1.82) is 5.26 Å². The van der Waals surface area contributed by atoms with E-state index in [2.05, 4.69) is 31.1 Å². The van der Waals surface area contributed by atoms with Crippen molar-refractivity contribution in [3.63, 3.8) is 0 Å². The first kappa shape index (κ1) is 13.7. The normalized spacial score (nSPS) is 10.3. The molecule has 0 amide bonds. The van der Waals surface area contributed by atoms with Gasteiger partial charge >= 0.3 is 0 Å². The molecule has 0 saturated heterocycles. The van der Waals surface area contributed by atoms with Gasteiger partial charge in [0.25, 0.3) is 5.89 Å². The molecule has 0 atom stereocenters. The molecule has 102 valence electrons. The Morgan fingerprint density at radius 3 is 2.76 bits per heavy atom. The van der Waals surface area contributed by atoms with E-state index in [1.54, 1.807) is 24.3 Å². The van der Waals surface area contributed by atoms with Gasteiger partial charge in [0.2, 0.25) is 5.82 Å². The van der Waals surface area contributed by atoms with Crippen molar-refractivity contribution >= 4 is 27.5 Å². The topological polar surface area (TPSA) is 75.6 Å². The summed E-state index contributed by atoms with van der Waals surface area (Å²) in [6.07, 6.45) is 1.46. The van der Waals surface area contributed by atoms with Crippen molar-refractivity contribution < 1.29 is 4.52 Å². The molecule has 0 aliphatic carbocycles. The summed E-state index contributed by atoms with van der Waals surface area (Å²) in [4.78, 5) is 8.40. The molecule has 0 N–H and O–H groups in total. The van der Waals surface area contributed by atoms with E-state index in [1.165, 1.54) is 6.20 Å². The molecule has 7 heteroatoms. The van der Waals surface area contributed by atoms with Crippen LogP contribution in [0.3, 0.4) is 0 Å². The molecule has 0 radical (unpaired) electrons. The summed E-state index contributed by atoms with van der Waals surface area (Å²) in [6.45, 7) is 0. The molecule has 0 aliphatic heterocycles. The first-order valence-electron chi connectivity index (χ1n) is 5.83. The predicted octanol–water partition coefficient (Wildman–Crippen LogP) is 4.09. The minimum Gasteiger partial charge on any atom is -0.332 e. The minimum absolute atomic E-state index is 0.292. The summed E-state index contributed by atoms with van der Waals surface area (Å²) in [5, 5.41) is 13.3. The lowest BCUT2D eigenvalue weighted by atomic mass is 10.2. The molecule has 0 aliphatic rings. The fourth-order valence-corrected chi connectivity index (χ4v) is 2.16. The molecular weight excluding hydrogens is 356 g/mol. The predicted molar refractivity (Wildman–Crippen MR) is 80.4 cm³/mol. The number of hydrogen-bond donors (Lipinski definition) is 0. The van der Waals surface area contributed by atoms with E-state index in [0.717, 1.165) is 10.0 Å². The summed E-state index contributed by atoms with van der Waals surface area (Å²) in [6, 6.07) is 10.7. The Bertz CT molecular complexity index is 839. The van der Waals surface area contributed by atoms with Gasteiger partial charge in [0.1, 0.15) is 11.8 Å². The number of pyridine rings is 1. The van der Waals surface area contributed by atoms with E-state index in [4.69, 9.17) is 21.4 Å². The highest BCUT2D eigenvalue weighted by Crippen LogP contribution is 2.28. The number of rotatable bonds is 2. The van der Waals surface area contributed by atoms with E-state index >= 15 is 0 Å². The molecule has 21 heavy (non-hydrogen) atoms. The first-order valence-corrected chi connectivity index (χ1v) is 7.00. The summed E-state index contributed by atoms with van der Waals surface area (Å²) in [5.41, 5.74) is 1.76. The van der Waals surface area contributed by atoms with Crippen LogP contribution in [0.5, 0.6) is 0 Å². The van der Waals surface area contributed by atoms with Crippen LogP contribution in [0.2, 0.25) is 5.02 Å². The van der Waals surface area contributed by atoms with Crippen molar-refractivity contribution in [3.05, 3.63) is 51.6 Å². The summed E-state index contributed by atoms with van der Waals surface area (Å²) in [7, 11) is 0. The number of hydrogen-bond acceptors (Lipinski definition) is 5. The fraction of sp³-hybridized carbons (Fsp3) is 0. The van der Waals surface area contributed by atoms with Crippen LogP contribution in [0.15, 0.2) is 45.5 Å². The van der Waals surface area contributed by atoms with Crippen LogP contribution < -0.4 is 0 Å². The van der Waals surface area contributed by atoms with Gasteiger partial charge in [-0.2, -0.15) is 10.2 Å². The molecular formula is C14H6BrClN4O. The SMILES string of the molecule is N#Cc1ccc(-c2nc(-c3ccc(Cl)c(Br)c3)no2)nc1. The summed E-state index contributed by atoms with van der Waals surface area (Å²) >= 11 is 9.30. The van der Waals surface area contributed by atoms with E-state index in [9.17, 15) is 0 Å². The van der Waals surface area contributed by atoms with Gasteiger partial charge in [0.05, 0.1) is 10.6 Å². The van der Waals surface area contributed by atoms with Gasteiger partial charge in [0, 0.05) is 16.2 Å². The van der Waals surface area contributed by atoms with Crippen molar-refractivity contribution in [2.24, 2.45) is 0 Å². The average Bonchev–Trinajstić information content (AvgIpc) is 3.00. The Hall–Kier alpha value is -2.23. The lowest BCUT2D eigenvalue weighted by Crippen LogP contribution is -1.85. The van der Waals surface area contributed by atoms with Gasteiger partial charge in [-0.25, -0.2) is 4.98 Å². The van der Waals surface area contributed by atoms with Gasteiger partial charge in [-0.3, -0.25) is 0 Å². The molecule has 0 fully saturated rings. The third kappa shape index (κ3) is 2.79. The quantitative estimate of drug-likeness (QED) is 0.687. The van der Waals surface area contributed by atoms with E-state index in [-0.39, 0.29) is 0 Å². The smallest absolute Gasteiger partial charge is 0.276 e. The molecule has 5 nitrogen and oxygen atoms in total. The third-order valence-corrected chi connectivity index (χ3v) is 3.93. The minimum atomic E-state index is 0.292. The monoisotopic (exact) mass is 360 g/mol. The number of benzene rings is 1. The van der Waals surface area contributed by atoms with Crippen LogP contribution in [-0.4, -0.2) is 15.1 Å². The average molecular weight is 362 g/mol. The largest absolute Gasteiger partial charge is 0.332 e. The maximum Gasteiger partial charge on any atom is 0.276 e. The highest BCUT2D eigenvalue weighted by Gasteiger charge is 2.12. The highest BCUT2D eigenvalue weighted by atomic mass is 79.9. The molecule has 1 aromatic carbocycles. The summed E-state index contributed by atoms with van der Waals surface area (Å²) in [5.74, 6) is 0.731. The van der Waals surface area contributed by atoms with Gasteiger partial charge in [-0.15, -0.1) is 0 Å². The second-order valence-corrected chi connectivity index (χ2v) is 5.36. The van der Waals surface area contributed by atoms with Crippen molar-refractivity contribution in [2.75, 3.05) is 0 Å². The molecule has 0 bridgehead atoms. The van der Waals surface area contributed by atoms with Gasteiger partial charge < -0.3 is 4.52 Å². The second kappa shape index (κ2) is 5.64.